The average molecular weight is 347 g/mol. The summed E-state index contributed by atoms with van der Waals surface area (Å²) in [6.07, 6.45) is 11.8. The lowest BCUT2D eigenvalue weighted by Gasteiger charge is -2.44. The van der Waals surface area contributed by atoms with Crippen LogP contribution in [0.15, 0.2) is 0 Å². The van der Waals surface area contributed by atoms with E-state index in [1.807, 2.05) is 0 Å². The fraction of sp³-hybridized carbons (Fsp3) is 1.00. The summed E-state index contributed by atoms with van der Waals surface area (Å²) in [5, 5.41) is 0. The molecule has 0 aliphatic heterocycles. The summed E-state index contributed by atoms with van der Waals surface area (Å²) >= 11 is 0. The van der Waals surface area contributed by atoms with Crippen LogP contribution in [0.1, 0.15) is 79.1 Å². The summed E-state index contributed by atoms with van der Waals surface area (Å²) in [5.41, 5.74) is 0. The van der Waals surface area contributed by atoms with Gasteiger partial charge in [0.25, 0.3) is 0 Å². The SMILES string of the molecule is CCCCN(C)[P+](CCCC)(N(C)CCCC)N(C)CCCC. The monoisotopic (exact) mass is 346 g/mol. The highest BCUT2D eigenvalue weighted by molar-refractivity contribution is 7.69. The molecule has 0 N–H and O–H groups in total. The predicted octanol–water partition coefficient (Wildman–Crippen LogP) is 5.74. The molecule has 0 aromatic carbocycles. The Balaban J connectivity index is 5.39. The molecule has 0 rings (SSSR count). The lowest BCUT2D eigenvalue weighted by Crippen LogP contribution is -2.43. The lowest BCUT2D eigenvalue weighted by atomic mass is 10.3. The molecule has 3 nitrogen and oxygen atoms in total. The summed E-state index contributed by atoms with van der Waals surface area (Å²) in [7, 11) is 5.80. The van der Waals surface area contributed by atoms with Crippen LogP contribution in [0, 0.1) is 0 Å². The van der Waals surface area contributed by atoms with E-state index in [1.54, 1.807) is 0 Å². The number of rotatable bonds is 15. The molecule has 0 saturated heterocycles. The molecule has 0 atom stereocenters. The molecule has 140 valence electrons. The van der Waals surface area contributed by atoms with E-state index in [2.05, 4.69) is 62.8 Å². The highest BCUT2D eigenvalue weighted by Gasteiger charge is 2.50. The molecule has 0 bridgehead atoms. The second kappa shape index (κ2) is 13.6. The maximum Gasteiger partial charge on any atom is 0.226 e. The maximum atomic E-state index is 2.75. The smallest absolute Gasteiger partial charge is 0.151 e. The number of hydrogen-bond acceptors (Lipinski definition) is 3. The van der Waals surface area contributed by atoms with E-state index < -0.39 is 7.71 Å². The van der Waals surface area contributed by atoms with Gasteiger partial charge in [-0.05, 0) is 25.7 Å². The van der Waals surface area contributed by atoms with Gasteiger partial charge < -0.3 is 0 Å². The summed E-state index contributed by atoms with van der Waals surface area (Å²) in [6, 6.07) is 0. The molecule has 4 heteroatoms. The molecule has 0 fully saturated rings. The van der Waals surface area contributed by atoms with Gasteiger partial charge in [0.15, 0.2) is 0 Å². The first-order chi connectivity index (χ1) is 11.0. The van der Waals surface area contributed by atoms with Crippen LogP contribution in [0.5, 0.6) is 0 Å². The largest absolute Gasteiger partial charge is 0.226 e. The Morgan fingerprint density at radius 1 is 0.522 bits per heavy atom. The molecular formula is C19H45N3P+. The van der Waals surface area contributed by atoms with Gasteiger partial charge in [-0.1, -0.05) is 53.4 Å². The van der Waals surface area contributed by atoms with Gasteiger partial charge in [0.2, 0.25) is 7.71 Å². The Hall–Kier alpha value is 0.310. The van der Waals surface area contributed by atoms with Gasteiger partial charge in [-0.25, -0.2) is 0 Å². The fourth-order valence-corrected chi connectivity index (χ4v) is 8.02. The summed E-state index contributed by atoms with van der Waals surface area (Å²) in [4.78, 5) is 0. The highest BCUT2D eigenvalue weighted by atomic mass is 31.2. The van der Waals surface area contributed by atoms with Crippen molar-refractivity contribution in [2.75, 3.05) is 46.9 Å². The van der Waals surface area contributed by atoms with E-state index in [-0.39, 0.29) is 0 Å². The van der Waals surface area contributed by atoms with Gasteiger partial charge >= 0.3 is 0 Å². The maximum absolute atomic E-state index is 2.75. The number of hydrogen-bond donors (Lipinski definition) is 0. The van der Waals surface area contributed by atoms with Crippen molar-refractivity contribution in [3.63, 3.8) is 0 Å². The van der Waals surface area contributed by atoms with Gasteiger partial charge in [-0.3, -0.25) is 0 Å². The van der Waals surface area contributed by atoms with Crippen LogP contribution < -0.4 is 0 Å². The Morgan fingerprint density at radius 2 is 0.826 bits per heavy atom. The standard InChI is InChI=1S/C19H45N3P/c1-8-12-16-20(5)23(19-15-11-4,21(6)17-13-9-2)22(7)18-14-10-3/h8-19H2,1-7H3/q+1. The lowest BCUT2D eigenvalue weighted by molar-refractivity contribution is 0.354. The Morgan fingerprint density at radius 3 is 1.09 bits per heavy atom. The van der Waals surface area contributed by atoms with Crippen molar-refractivity contribution in [1.29, 1.82) is 0 Å². The fourth-order valence-electron chi connectivity index (χ4n) is 3.31. The molecule has 0 spiro atoms. The highest BCUT2D eigenvalue weighted by Crippen LogP contribution is 2.66. The van der Waals surface area contributed by atoms with Crippen molar-refractivity contribution < 1.29 is 0 Å². The van der Waals surface area contributed by atoms with E-state index >= 15 is 0 Å². The van der Waals surface area contributed by atoms with Gasteiger partial charge in [0.05, 0.1) is 0 Å². The van der Waals surface area contributed by atoms with Crippen molar-refractivity contribution in [3.8, 4) is 0 Å². The topological polar surface area (TPSA) is 9.72 Å². The van der Waals surface area contributed by atoms with E-state index in [0.717, 1.165) is 0 Å². The van der Waals surface area contributed by atoms with Crippen molar-refractivity contribution in [2.45, 2.75) is 79.1 Å². The minimum absolute atomic E-state index is 1.24. The zero-order chi connectivity index (χ0) is 17.7. The molecule has 0 amide bonds. The summed E-state index contributed by atoms with van der Waals surface area (Å²) in [5.74, 6) is 0. The van der Waals surface area contributed by atoms with Crippen molar-refractivity contribution in [2.24, 2.45) is 0 Å². The molecule has 0 saturated carbocycles. The quantitative estimate of drug-likeness (QED) is 0.350. The third-order valence-corrected chi connectivity index (χ3v) is 9.75. The van der Waals surface area contributed by atoms with E-state index in [0.29, 0.717) is 0 Å². The molecule has 0 aliphatic carbocycles. The van der Waals surface area contributed by atoms with Gasteiger partial charge in [0, 0.05) is 40.8 Å². The molecule has 0 heterocycles. The first-order valence-electron chi connectivity index (χ1n) is 10.0. The van der Waals surface area contributed by atoms with Crippen LogP contribution in [-0.4, -0.2) is 61.0 Å². The Labute approximate surface area is 148 Å². The zero-order valence-corrected chi connectivity index (χ0v) is 18.2. The Kier molecular flexibility index (Phi) is 13.8. The number of unbranched alkanes of at least 4 members (excludes halogenated alkanes) is 4. The first kappa shape index (κ1) is 23.3. The van der Waals surface area contributed by atoms with Crippen LogP contribution in [0.2, 0.25) is 0 Å². The third kappa shape index (κ3) is 7.38. The third-order valence-electron chi connectivity index (χ3n) is 4.96. The van der Waals surface area contributed by atoms with E-state index in [9.17, 15) is 0 Å². The average Bonchev–Trinajstić information content (AvgIpc) is 2.56. The molecule has 0 aromatic heterocycles. The number of nitrogens with zero attached hydrogens (tertiary/aromatic N) is 3. The normalized spacial score (nSPS) is 12.8. The van der Waals surface area contributed by atoms with Gasteiger partial charge in [-0.15, -0.1) is 0 Å². The van der Waals surface area contributed by atoms with Crippen LogP contribution >= 0.6 is 7.71 Å². The Bertz CT molecular complexity index is 237. The summed E-state index contributed by atoms with van der Waals surface area (Å²) < 4.78 is 8.24. The minimum Gasteiger partial charge on any atom is -0.151 e. The van der Waals surface area contributed by atoms with Crippen LogP contribution in [0.4, 0.5) is 0 Å². The van der Waals surface area contributed by atoms with Crippen molar-refractivity contribution in [3.05, 3.63) is 0 Å². The molecule has 0 aliphatic rings. The second-order valence-electron chi connectivity index (χ2n) is 6.97. The molecule has 0 unspecified atom stereocenters. The summed E-state index contributed by atoms with van der Waals surface area (Å²) in [6.45, 7) is 13.0. The second-order valence-corrected chi connectivity index (χ2v) is 10.9. The van der Waals surface area contributed by atoms with Crippen molar-refractivity contribution in [1.82, 2.24) is 14.0 Å². The molecular weight excluding hydrogens is 301 g/mol. The first-order valence-corrected chi connectivity index (χ1v) is 11.9. The predicted molar refractivity (Wildman–Crippen MR) is 109 cm³/mol. The van der Waals surface area contributed by atoms with Gasteiger partial charge in [-0.2, -0.15) is 14.0 Å². The van der Waals surface area contributed by atoms with Crippen LogP contribution in [0.25, 0.3) is 0 Å². The van der Waals surface area contributed by atoms with Crippen LogP contribution in [0.3, 0.4) is 0 Å². The minimum atomic E-state index is -1.37. The van der Waals surface area contributed by atoms with Crippen LogP contribution in [-0.2, 0) is 0 Å². The van der Waals surface area contributed by atoms with E-state index in [1.165, 1.54) is 77.2 Å². The van der Waals surface area contributed by atoms with Crippen molar-refractivity contribution >= 4 is 7.71 Å². The zero-order valence-electron chi connectivity index (χ0n) is 17.3. The van der Waals surface area contributed by atoms with E-state index in [4.69, 9.17) is 0 Å². The molecule has 0 radical (unpaired) electrons. The van der Waals surface area contributed by atoms with Gasteiger partial charge in [0.1, 0.15) is 6.16 Å². The molecule has 0 aromatic rings. The molecule has 23 heavy (non-hydrogen) atoms.